The number of nitrogens with two attached hydrogens (primary N) is 1. The van der Waals surface area contributed by atoms with Gasteiger partial charge in [0.25, 0.3) is 0 Å². The molecule has 10 heavy (non-hydrogen) atoms. The van der Waals surface area contributed by atoms with Crippen LogP contribution in [0.15, 0.2) is 12.3 Å². The number of nitrogens with zero attached hydrogens (tertiary/aromatic N) is 1. The summed E-state index contributed by atoms with van der Waals surface area (Å²) < 4.78 is 0. The van der Waals surface area contributed by atoms with Crippen molar-refractivity contribution < 1.29 is 5.43 Å². The Labute approximate surface area is 60.2 Å². The second-order valence-corrected chi connectivity index (χ2v) is 2.84. The van der Waals surface area contributed by atoms with Gasteiger partial charge in [-0.05, 0) is 6.20 Å². The van der Waals surface area contributed by atoms with Crippen molar-refractivity contribution in [3.63, 3.8) is 0 Å². The molecule has 56 valence electrons. The van der Waals surface area contributed by atoms with Crippen molar-refractivity contribution in [3.8, 4) is 0 Å². The Morgan fingerprint density at radius 2 is 2.60 bits per heavy atom. The second kappa shape index (κ2) is 2.23. The lowest BCUT2D eigenvalue weighted by molar-refractivity contribution is -0.810. The fourth-order valence-electron chi connectivity index (χ4n) is 1.49. The molecule has 2 heterocycles. The molecule has 2 unspecified atom stereocenters. The third-order valence-electron chi connectivity index (χ3n) is 1.99. The van der Waals surface area contributed by atoms with Crippen LogP contribution in [0.5, 0.6) is 0 Å². The molecular weight excluding hydrogens is 128 g/mol. The van der Waals surface area contributed by atoms with Crippen molar-refractivity contribution in [2.45, 2.75) is 18.6 Å². The monoisotopic (exact) mass is 141 g/mol. The molecule has 2 rings (SSSR count). The molecule has 0 spiro atoms. The maximum absolute atomic E-state index is 3.27. The summed E-state index contributed by atoms with van der Waals surface area (Å²) >= 11 is 0. The van der Waals surface area contributed by atoms with Gasteiger partial charge in [-0.3, -0.25) is 0 Å². The Kier molecular flexibility index (Phi) is 1.37. The van der Waals surface area contributed by atoms with Crippen molar-refractivity contribution in [2.75, 3.05) is 7.05 Å². The van der Waals surface area contributed by atoms with Crippen LogP contribution in [0.4, 0.5) is 0 Å². The quantitative estimate of drug-likeness (QED) is 0.346. The first-order valence-electron chi connectivity index (χ1n) is 3.61. The van der Waals surface area contributed by atoms with Crippen molar-refractivity contribution in [1.82, 2.24) is 15.9 Å². The minimum atomic E-state index is 0.426. The van der Waals surface area contributed by atoms with E-state index < -0.39 is 0 Å². The Balaban J connectivity index is 2.05. The topological polar surface area (TPSA) is 43.9 Å². The summed E-state index contributed by atoms with van der Waals surface area (Å²) in [4.78, 5) is 0. The average Bonchev–Trinajstić information content (AvgIpc) is 2.27. The highest BCUT2D eigenvalue weighted by molar-refractivity contribution is 4.94. The molecule has 0 radical (unpaired) electrons. The highest BCUT2D eigenvalue weighted by Crippen LogP contribution is 2.02. The largest absolute Gasteiger partial charge is 0.370 e. The lowest BCUT2D eigenvalue weighted by Gasteiger charge is -2.16. The van der Waals surface area contributed by atoms with Crippen LogP contribution in [-0.2, 0) is 0 Å². The van der Waals surface area contributed by atoms with E-state index in [1.165, 1.54) is 0 Å². The standard InChI is InChI=1S/C6H12N4/c1-10-8-5-3-2-4-7-6(5)9-10/h2,4-9H,3H2,1H3/p+1. The summed E-state index contributed by atoms with van der Waals surface area (Å²) in [6.07, 6.45) is 5.75. The van der Waals surface area contributed by atoms with Gasteiger partial charge in [0.15, 0.2) is 0 Å². The molecule has 4 nitrogen and oxygen atoms in total. The summed E-state index contributed by atoms with van der Waals surface area (Å²) in [5, 5.41) is 5.27. The lowest BCUT2D eigenvalue weighted by atomic mass is 10.1. The molecule has 2 atom stereocenters. The predicted octanol–water partition coefficient (Wildman–Crippen LogP) is -1.88. The van der Waals surface area contributed by atoms with Gasteiger partial charge in [-0.2, -0.15) is 5.43 Å². The van der Waals surface area contributed by atoms with E-state index in [-0.39, 0.29) is 0 Å². The number of hydrazine groups is 1. The molecule has 4 N–H and O–H groups in total. The zero-order chi connectivity index (χ0) is 6.97. The van der Waals surface area contributed by atoms with Gasteiger partial charge in [0.05, 0.1) is 7.05 Å². The maximum Gasteiger partial charge on any atom is 0.149 e. The van der Waals surface area contributed by atoms with Gasteiger partial charge in [-0.1, -0.05) is 11.2 Å². The average molecular weight is 141 g/mol. The number of quaternary nitrogens is 1. The molecule has 4 heteroatoms. The molecule has 0 amide bonds. The number of rotatable bonds is 0. The van der Waals surface area contributed by atoms with Gasteiger partial charge in [0.1, 0.15) is 12.2 Å². The van der Waals surface area contributed by atoms with Crippen LogP contribution in [-0.4, -0.2) is 24.4 Å². The van der Waals surface area contributed by atoms with E-state index in [1.54, 1.807) is 0 Å². The summed E-state index contributed by atoms with van der Waals surface area (Å²) in [6, 6.07) is 0.634. The molecular formula is C6H13N4+. The van der Waals surface area contributed by atoms with Crippen LogP contribution in [0.2, 0.25) is 0 Å². The molecule has 0 aromatic carbocycles. The van der Waals surface area contributed by atoms with Gasteiger partial charge in [-0.25, -0.2) is 5.43 Å². The van der Waals surface area contributed by atoms with E-state index >= 15 is 0 Å². The molecule has 1 saturated heterocycles. The predicted molar refractivity (Wildman–Crippen MR) is 37.3 cm³/mol. The van der Waals surface area contributed by atoms with E-state index in [0.29, 0.717) is 12.2 Å². The van der Waals surface area contributed by atoms with Crippen LogP contribution in [0.1, 0.15) is 6.42 Å². The Bertz CT molecular complexity index is 140. The zero-order valence-corrected chi connectivity index (χ0v) is 6.04. The molecule has 0 aromatic rings. The molecule has 0 saturated carbocycles. The van der Waals surface area contributed by atoms with E-state index in [0.717, 1.165) is 6.42 Å². The SMILES string of the molecule is CN1NC2NC=CCC2[NH2+]1. The minimum absolute atomic E-state index is 0.426. The normalized spacial score (nSPS) is 39.3. The van der Waals surface area contributed by atoms with Crippen LogP contribution in [0.3, 0.4) is 0 Å². The maximum atomic E-state index is 3.27. The van der Waals surface area contributed by atoms with Gasteiger partial charge >= 0.3 is 0 Å². The lowest BCUT2D eigenvalue weighted by Crippen LogP contribution is -2.95. The molecule has 0 bridgehead atoms. The molecule has 1 fully saturated rings. The number of fused-ring (bicyclic) bond motifs is 1. The summed E-state index contributed by atoms with van der Waals surface area (Å²) in [6.45, 7) is 0. The van der Waals surface area contributed by atoms with Crippen LogP contribution in [0.25, 0.3) is 0 Å². The minimum Gasteiger partial charge on any atom is -0.370 e. The van der Waals surface area contributed by atoms with Crippen molar-refractivity contribution in [1.29, 1.82) is 0 Å². The van der Waals surface area contributed by atoms with E-state index in [9.17, 15) is 0 Å². The number of nitrogens with one attached hydrogen (secondary N) is 2. The first kappa shape index (κ1) is 6.15. The summed E-state index contributed by atoms with van der Waals surface area (Å²) in [7, 11) is 2.03. The second-order valence-electron chi connectivity index (χ2n) is 2.84. The first-order valence-corrected chi connectivity index (χ1v) is 3.61. The van der Waals surface area contributed by atoms with Gasteiger partial charge in [0.2, 0.25) is 0 Å². The van der Waals surface area contributed by atoms with Crippen molar-refractivity contribution in [2.24, 2.45) is 0 Å². The van der Waals surface area contributed by atoms with Crippen molar-refractivity contribution >= 4 is 0 Å². The molecule has 2 aliphatic rings. The van der Waals surface area contributed by atoms with Crippen LogP contribution >= 0.6 is 0 Å². The first-order chi connectivity index (χ1) is 4.86. The van der Waals surface area contributed by atoms with E-state index in [1.807, 2.05) is 18.4 Å². The molecule has 2 aliphatic heterocycles. The summed E-state index contributed by atoms with van der Waals surface area (Å²) in [5.41, 5.74) is 5.48. The van der Waals surface area contributed by atoms with Crippen LogP contribution < -0.4 is 16.2 Å². The third kappa shape index (κ3) is 0.901. The highest BCUT2D eigenvalue weighted by Gasteiger charge is 2.33. The molecule has 0 aromatic heterocycles. The van der Waals surface area contributed by atoms with E-state index in [4.69, 9.17) is 0 Å². The Morgan fingerprint density at radius 3 is 3.40 bits per heavy atom. The van der Waals surface area contributed by atoms with Gasteiger partial charge < -0.3 is 5.32 Å². The number of hydrogen-bond donors (Lipinski definition) is 3. The van der Waals surface area contributed by atoms with Gasteiger partial charge in [-0.15, -0.1) is 0 Å². The zero-order valence-electron chi connectivity index (χ0n) is 6.04. The van der Waals surface area contributed by atoms with Crippen LogP contribution in [0, 0.1) is 0 Å². The Hall–Kier alpha value is -0.580. The summed E-state index contributed by atoms with van der Waals surface area (Å²) in [5.74, 6) is 0. The molecule has 0 aliphatic carbocycles. The third-order valence-corrected chi connectivity index (χ3v) is 1.99. The van der Waals surface area contributed by atoms with Crippen molar-refractivity contribution in [3.05, 3.63) is 12.3 Å². The fraction of sp³-hybridized carbons (Fsp3) is 0.667. The fourth-order valence-corrected chi connectivity index (χ4v) is 1.49. The van der Waals surface area contributed by atoms with Gasteiger partial charge in [0, 0.05) is 6.42 Å². The highest BCUT2D eigenvalue weighted by atomic mass is 15.8. The number of hydrogen-bond acceptors (Lipinski definition) is 3. The smallest absolute Gasteiger partial charge is 0.149 e. The van der Waals surface area contributed by atoms with E-state index in [2.05, 4.69) is 22.2 Å². The Morgan fingerprint density at radius 1 is 1.70 bits per heavy atom.